The van der Waals surface area contributed by atoms with Gasteiger partial charge in [0, 0.05) is 12.6 Å². The number of hydrogen-bond acceptors (Lipinski definition) is 3. The summed E-state index contributed by atoms with van der Waals surface area (Å²) < 4.78 is 5.25. The maximum absolute atomic E-state index is 11.7. The van der Waals surface area contributed by atoms with Crippen LogP contribution in [0, 0.1) is 11.3 Å². The first-order valence-electron chi connectivity index (χ1n) is 7.34. The minimum Gasteiger partial charge on any atom is -0.444 e. The lowest BCUT2D eigenvalue weighted by molar-refractivity contribution is 0.0494. The summed E-state index contributed by atoms with van der Waals surface area (Å²) in [7, 11) is 0. The SMILES string of the molecule is CC(C)(C)OC(=O)NCC(C)(C)C(N)C1CCCC1. The quantitative estimate of drug-likeness (QED) is 0.825. The smallest absolute Gasteiger partial charge is 0.407 e. The first kappa shape index (κ1) is 16.3. The summed E-state index contributed by atoms with van der Waals surface area (Å²) in [6, 6.07) is 0.130. The van der Waals surface area contributed by atoms with Gasteiger partial charge in [-0.1, -0.05) is 26.7 Å². The summed E-state index contributed by atoms with van der Waals surface area (Å²) in [5.41, 5.74) is 5.82. The van der Waals surface area contributed by atoms with Crippen molar-refractivity contribution in [2.45, 2.75) is 71.9 Å². The van der Waals surface area contributed by atoms with Crippen LogP contribution in [0.2, 0.25) is 0 Å². The molecule has 0 saturated heterocycles. The van der Waals surface area contributed by atoms with Crippen molar-refractivity contribution < 1.29 is 9.53 Å². The molecule has 4 nitrogen and oxygen atoms in total. The van der Waals surface area contributed by atoms with Crippen LogP contribution >= 0.6 is 0 Å². The zero-order valence-corrected chi connectivity index (χ0v) is 13.1. The van der Waals surface area contributed by atoms with Crippen molar-refractivity contribution in [3.8, 4) is 0 Å². The Hall–Kier alpha value is -0.770. The number of nitrogens with two attached hydrogens (primary N) is 1. The molecule has 1 aliphatic rings. The molecule has 19 heavy (non-hydrogen) atoms. The van der Waals surface area contributed by atoms with Gasteiger partial charge in [0.05, 0.1) is 0 Å². The van der Waals surface area contributed by atoms with Crippen LogP contribution in [0.5, 0.6) is 0 Å². The van der Waals surface area contributed by atoms with E-state index in [4.69, 9.17) is 10.5 Å². The average molecular weight is 270 g/mol. The minimum absolute atomic E-state index is 0.105. The van der Waals surface area contributed by atoms with Gasteiger partial charge in [0.2, 0.25) is 0 Å². The van der Waals surface area contributed by atoms with Crippen LogP contribution in [-0.4, -0.2) is 24.3 Å². The van der Waals surface area contributed by atoms with Gasteiger partial charge in [-0.15, -0.1) is 0 Å². The van der Waals surface area contributed by atoms with Gasteiger partial charge in [0.25, 0.3) is 0 Å². The van der Waals surface area contributed by atoms with Crippen molar-refractivity contribution in [2.24, 2.45) is 17.1 Å². The molecule has 1 aliphatic carbocycles. The minimum atomic E-state index is -0.457. The Balaban J connectivity index is 2.43. The Morgan fingerprint density at radius 3 is 2.26 bits per heavy atom. The normalized spacial score (nSPS) is 19.3. The Morgan fingerprint density at radius 1 is 1.26 bits per heavy atom. The largest absolute Gasteiger partial charge is 0.444 e. The van der Waals surface area contributed by atoms with Gasteiger partial charge in [-0.25, -0.2) is 4.79 Å². The molecule has 1 saturated carbocycles. The maximum atomic E-state index is 11.7. The molecule has 0 radical (unpaired) electrons. The summed E-state index contributed by atoms with van der Waals surface area (Å²) in [6.45, 7) is 10.4. The summed E-state index contributed by atoms with van der Waals surface area (Å²) in [5.74, 6) is 0.593. The predicted molar refractivity (Wildman–Crippen MR) is 78.0 cm³/mol. The first-order chi connectivity index (χ1) is 8.62. The van der Waals surface area contributed by atoms with Crippen molar-refractivity contribution in [1.82, 2.24) is 5.32 Å². The van der Waals surface area contributed by atoms with E-state index in [9.17, 15) is 4.79 Å². The van der Waals surface area contributed by atoms with Crippen LogP contribution in [0.1, 0.15) is 60.3 Å². The molecule has 0 spiro atoms. The number of amides is 1. The lowest BCUT2D eigenvalue weighted by Gasteiger charge is -2.36. The number of ether oxygens (including phenoxy) is 1. The molecule has 1 amide bonds. The molecule has 112 valence electrons. The van der Waals surface area contributed by atoms with E-state index in [2.05, 4.69) is 19.2 Å². The van der Waals surface area contributed by atoms with Gasteiger partial charge < -0.3 is 15.8 Å². The number of nitrogens with one attached hydrogen (secondary N) is 1. The molecule has 0 aromatic carbocycles. The molecule has 0 aliphatic heterocycles. The van der Waals surface area contributed by atoms with E-state index in [-0.39, 0.29) is 17.6 Å². The third kappa shape index (κ3) is 5.39. The Labute approximate surface area is 117 Å². The first-order valence-corrected chi connectivity index (χ1v) is 7.34. The fourth-order valence-electron chi connectivity index (χ4n) is 2.69. The van der Waals surface area contributed by atoms with Gasteiger partial charge >= 0.3 is 6.09 Å². The second-order valence-electron chi connectivity index (χ2n) is 7.41. The highest BCUT2D eigenvalue weighted by atomic mass is 16.6. The number of rotatable bonds is 4. The fourth-order valence-corrected chi connectivity index (χ4v) is 2.69. The molecule has 1 atom stereocenters. The summed E-state index contributed by atoms with van der Waals surface area (Å²) in [4.78, 5) is 11.7. The van der Waals surface area contributed by atoms with Gasteiger partial charge in [-0.3, -0.25) is 0 Å². The molecule has 1 rings (SSSR count). The number of carbonyl (C=O) groups excluding carboxylic acids is 1. The average Bonchev–Trinajstić information content (AvgIpc) is 2.76. The highest BCUT2D eigenvalue weighted by Gasteiger charge is 2.34. The predicted octanol–water partition coefficient (Wildman–Crippen LogP) is 3.05. The maximum Gasteiger partial charge on any atom is 0.407 e. The molecule has 0 aromatic rings. The molecular formula is C15H30N2O2. The van der Waals surface area contributed by atoms with E-state index in [1.165, 1.54) is 25.7 Å². The highest BCUT2D eigenvalue weighted by Crippen LogP contribution is 2.34. The molecule has 3 N–H and O–H groups in total. The molecule has 1 unspecified atom stereocenters. The zero-order valence-electron chi connectivity index (χ0n) is 13.1. The molecule has 4 heteroatoms. The number of carbonyl (C=O) groups is 1. The Bertz CT molecular complexity index is 302. The molecule has 0 bridgehead atoms. The molecule has 1 fully saturated rings. The van der Waals surface area contributed by atoms with Crippen LogP contribution in [-0.2, 0) is 4.74 Å². The van der Waals surface area contributed by atoms with E-state index in [0.29, 0.717) is 12.5 Å². The van der Waals surface area contributed by atoms with Crippen molar-refractivity contribution in [3.05, 3.63) is 0 Å². The van der Waals surface area contributed by atoms with Crippen molar-refractivity contribution >= 4 is 6.09 Å². The van der Waals surface area contributed by atoms with Crippen LogP contribution in [0.4, 0.5) is 4.79 Å². The van der Waals surface area contributed by atoms with Crippen LogP contribution in [0.25, 0.3) is 0 Å². The van der Waals surface area contributed by atoms with Gasteiger partial charge in [-0.05, 0) is 44.9 Å². The van der Waals surface area contributed by atoms with Gasteiger partial charge in [0.15, 0.2) is 0 Å². The fraction of sp³-hybridized carbons (Fsp3) is 0.933. The van der Waals surface area contributed by atoms with Crippen LogP contribution < -0.4 is 11.1 Å². The van der Waals surface area contributed by atoms with Gasteiger partial charge in [0.1, 0.15) is 5.60 Å². The second kappa shape index (κ2) is 6.12. The van der Waals surface area contributed by atoms with Crippen molar-refractivity contribution in [2.75, 3.05) is 6.54 Å². The molecule has 0 aromatic heterocycles. The highest BCUT2D eigenvalue weighted by molar-refractivity contribution is 5.67. The Kier molecular flexibility index (Phi) is 5.25. The van der Waals surface area contributed by atoms with E-state index in [1.807, 2.05) is 20.8 Å². The second-order valence-corrected chi connectivity index (χ2v) is 7.41. The molecular weight excluding hydrogens is 240 g/mol. The topological polar surface area (TPSA) is 64.3 Å². The van der Waals surface area contributed by atoms with E-state index in [0.717, 1.165) is 0 Å². The Morgan fingerprint density at radius 2 is 1.79 bits per heavy atom. The summed E-state index contributed by atoms with van der Waals surface area (Å²) in [6.07, 6.45) is 4.65. The summed E-state index contributed by atoms with van der Waals surface area (Å²) in [5, 5.41) is 2.84. The lowest BCUT2D eigenvalue weighted by atomic mass is 9.77. The van der Waals surface area contributed by atoms with E-state index in [1.54, 1.807) is 0 Å². The van der Waals surface area contributed by atoms with Crippen molar-refractivity contribution in [1.29, 1.82) is 0 Å². The third-order valence-corrected chi connectivity index (χ3v) is 3.90. The van der Waals surface area contributed by atoms with Crippen LogP contribution in [0.3, 0.4) is 0 Å². The van der Waals surface area contributed by atoms with Gasteiger partial charge in [-0.2, -0.15) is 0 Å². The number of hydrogen-bond donors (Lipinski definition) is 2. The lowest BCUT2D eigenvalue weighted by Crippen LogP contribution is -2.49. The number of alkyl carbamates (subject to hydrolysis) is 1. The standard InChI is InChI=1S/C15H30N2O2/c1-14(2,3)19-13(18)17-10-15(4,5)12(16)11-8-6-7-9-11/h11-12H,6-10,16H2,1-5H3,(H,17,18). The molecule has 0 heterocycles. The summed E-state index contributed by atoms with van der Waals surface area (Å²) >= 11 is 0. The van der Waals surface area contributed by atoms with E-state index < -0.39 is 5.60 Å². The monoisotopic (exact) mass is 270 g/mol. The van der Waals surface area contributed by atoms with Crippen molar-refractivity contribution in [3.63, 3.8) is 0 Å². The zero-order chi connectivity index (χ0) is 14.7. The third-order valence-electron chi connectivity index (χ3n) is 3.90. The van der Waals surface area contributed by atoms with Crippen LogP contribution in [0.15, 0.2) is 0 Å². The van der Waals surface area contributed by atoms with E-state index >= 15 is 0 Å².